The van der Waals surface area contributed by atoms with Crippen LogP contribution < -0.4 is 10.1 Å². The quantitative estimate of drug-likeness (QED) is 0.869. The molecule has 26 heavy (non-hydrogen) atoms. The van der Waals surface area contributed by atoms with E-state index in [-0.39, 0.29) is 11.8 Å². The predicted molar refractivity (Wildman–Crippen MR) is 99.8 cm³/mol. The zero-order chi connectivity index (χ0) is 18.5. The number of para-hydroxylation sites is 1. The number of nitrogens with one attached hydrogen (secondary N) is 1. The molecule has 2 aliphatic rings. The molecule has 1 N–H and O–H groups in total. The molecule has 1 aromatic rings. The van der Waals surface area contributed by atoms with Gasteiger partial charge in [-0.2, -0.15) is 0 Å². The molecule has 2 amide bonds. The number of hydrogen-bond acceptors (Lipinski definition) is 4. The van der Waals surface area contributed by atoms with Crippen LogP contribution in [0.1, 0.15) is 25.8 Å². The number of nitrogens with zero attached hydrogens (tertiary/aromatic N) is 2. The second-order valence-electron chi connectivity index (χ2n) is 6.75. The number of fused-ring (bicyclic) bond motifs is 1. The topological polar surface area (TPSA) is 61.9 Å². The fourth-order valence-corrected chi connectivity index (χ4v) is 3.45. The minimum absolute atomic E-state index is 0.0428. The van der Waals surface area contributed by atoms with E-state index in [1.165, 1.54) is 0 Å². The molecule has 0 atom stereocenters. The van der Waals surface area contributed by atoms with Crippen molar-refractivity contribution in [3.05, 3.63) is 41.2 Å². The maximum absolute atomic E-state index is 12.6. The minimum atomic E-state index is -0.0428. The van der Waals surface area contributed by atoms with Crippen LogP contribution in [-0.4, -0.2) is 60.9 Å². The third-order valence-corrected chi connectivity index (χ3v) is 5.04. The summed E-state index contributed by atoms with van der Waals surface area (Å²) in [7, 11) is 0. The molecule has 140 valence electrons. The second-order valence-corrected chi connectivity index (χ2v) is 6.75. The molecule has 0 spiro atoms. The molecule has 0 aliphatic carbocycles. The first-order valence-corrected chi connectivity index (χ1v) is 9.32. The van der Waals surface area contributed by atoms with Gasteiger partial charge in [-0.1, -0.05) is 25.1 Å². The highest BCUT2D eigenvalue weighted by molar-refractivity contribution is 5.94. The third-order valence-electron chi connectivity index (χ3n) is 5.04. The number of ether oxygens (including phenoxy) is 1. The lowest BCUT2D eigenvalue weighted by atomic mass is 9.99. The molecule has 1 fully saturated rings. The van der Waals surface area contributed by atoms with E-state index in [0.717, 1.165) is 55.4 Å². The van der Waals surface area contributed by atoms with Crippen LogP contribution in [0.3, 0.4) is 0 Å². The Balaban J connectivity index is 1.50. The third kappa shape index (κ3) is 4.25. The molecule has 3 rings (SSSR count). The lowest BCUT2D eigenvalue weighted by Gasteiger charge is -2.34. The van der Waals surface area contributed by atoms with Crippen LogP contribution in [0.25, 0.3) is 0 Å². The summed E-state index contributed by atoms with van der Waals surface area (Å²) in [6.45, 7) is 8.25. The Kier molecular flexibility index (Phi) is 5.93. The van der Waals surface area contributed by atoms with E-state index >= 15 is 0 Å². The van der Waals surface area contributed by atoms with Gasteiger partial charge in [0.05, 0.1) is 5.57 Å². The summed E-state index contributed by atoms with van der Waals surface area (Å²) in [5, 5.41) is 3.03. The van der Waals surface area contributed by atoms with Gasteiger partial charge in [-0.3, -0.25) is 14.5 Å². The first-order valence-electron chi connectivity index (χ1n) is 9.32. The Morgan fingerprint density at radius 2 is 1.88 bits per heavy atom. The summed E-state index contributed by atoms with van der Waals surface area (Å²) < 4.78 is 5.92. The fourth-order valence-electron chi connectivity index (χ4n) is 3.45. The second kappa shape index (κ2) is 8.36. The molecule has 2 aliphatic heterocycles. The highest BCUT2D eigenvalue weighted by atomic mass is 16.5. The van der Waals surface area contributed by atoms with Gasteiger partial charge in [-0.15, -0.1) is 0 Å². The number of piperazine rings is 1. The molecule has 0 radical (unpaired) electrons. The minimum Gasteiger partial charge on any atom is -0.461 e. The SMILES string of the molecule is CCC1=C(C(=O)NCCN2CCN(C(C)=O)CC2)Cc2ccccc2O1. The largest absolute Gasteiger partial charge is 0.461 e. The standard InChI is InChI=1S/C20H27N3O3/c1-3-18-17(14-16-6-4-5-7-19(16)26-18)20(25)21-8-9-22-10-12-23(13-11-22)15(2)24/h4-7H,3,8-14H2,1-2H3,(H,21,25). The Hall–Kier alpha value is -2.34. The van der Waals surface area contributed by atoms with Gasteiger partial charge in [0.2, 0.25) is 5.91 Å². The summed E-state index contributed by atoms with van der Waals surface area (Å²) in [5.74, 6) is 1.70. The zero-order valence-electron chi connectivity index (χ0n) is 15.6. The molecular weight excluding hydrogens is 330 g/mol. The summed E-state index contributed by atoms with van der Waals surface area (Å²) in [5.41, 5.74) is 1.78. The van der Waals surface area contributed by atoms with Crippen molar-refractivity contribution < 1.29 is 14.3 Å². The highest BCUT2D eigenvalue weighted by Crippen LogP contribution is 2.31. The fraction of sp³-hybridized carbons (Fsp3) is 0.500. The van der Waals surface area contributed by atoms with E-state index < -0.39 is 0 Å². The van der Waals surface area contributed by atoms with Crippen LogP contribution in [-0.2, 0) is 16.0 Å². The van der Waals surface area contributed by atoms with E-state index in [1.54, 1.807) is 6.92 Å². The number of amides is 2. The highest BCUT2D eigenvalue weighted by Gasteiger charge is 2.24. The Labute approximate surface area is 154 Å². The summed E-state index contributed by atoms with van der Waals surface area (Å²) >= 11 is 0. The number of carbonyl (C=O) groups excluding carboxylic acids is 2. The van der Waals surface area contributed by atoms with Crippen molar-refractivity contribution in [2.45, 2.75) is 26.7 Å². The van der Waals surface area contributed by atoms with Gasteiger partial charge in [-0.05, 0) is 11.6 Å². The van der Waals surface area contributed by atoms with Gasteiger partial charge in [0.25, 0.3) is 5.91 Å². The molecular formula is C20H27N3O3. The van der Waals surface area contributed by atoms with E-state index in [4.69, 9.17) is 4.74 Å². The van der Waals surface area contributed by atoms with Gasteiger partial charge in [0.1, 0.15) is 11.5 Å². The van der Waals surface area contributed by atoms with Crippen LogP contribution in [0.4, 0.5) is 0 Å². The Bertz CT molecular complexity index is 706. The van der Waals surface area contributed by atoms with Crippen molar-refractivity contribution in [2.75, 3.05) is 39.3 Å². The maximum Gasteiger partial charge on any atom is 0.251 e. The van der Waals surface area contributed by atoms with E-state index in [1.807, 2.05) is 36.1 Å². The zero-order valence-corrected chi connectivity index (χ0v) is 15.6. The summed E-state index contributed by atoms with van der Waals surface area (Å²) in [4.78, 5) is 28.1. The molecule has 6 heteroatoms. The molecule has 2 heterocycles. The average molecular weight is 357 g/mol. The molecule has 0 unspecified atom stereocenters. The molecule has 0 bridgehead atoms. The molecule has 6 nitrogen and oxygen atoms in total. The molecule has 0 aromatic heterocycles. The van der Waals surface area contributed by atoms with Crippen molar-refractivity contribution in [3.8, 4) is 5.75 Å². The number of rotatable bonds is 5. The van der Waals surface area contributed by atoms with Crippen molar-refractivity contribution in [1.29, 1.82) is 0 Å². The summed E-state index contributed by atoms with van der Waals surface area (Å²) in [6.07, 6.45) is 1.31. The number of benzene rings is 1. The van der Waals surface area contributed by atoms with E-state index in [9.17, 15) is 9.59 Å². The number of allylic oxidation sites excluding steroid dienone is 1. The van der Waals surface area contributed by atoms with Crippen molar-refractivity contribution in [1.82, 2.24) is 15.1 Å². The lowest BCUT2D eigenvalue weighted by Crippen LogP contribution is -2.49. The van der Waals surface area contributed by atoms with Gasteiger partial charge in [0, 0.05) is 59.0 Å². The van der Waals surface area contributed by atoms with E-state index in [0.29, 0.717) is 19.4 Å². The monoisotopic (exact) mass is 357 g/mol. The molecule has 1 aromatic carbocycles. The van der Waals surface area contributed by atoms with Crippen LogP contribution in [0.2, 0.25) is 0 Å². The van der Waals surface area contributed by atoms with Crippen LogP contribution in [0, 0.1) is 0 Å². The Morgan fingerprint density at radius 3 is 2.58 bits per heavy atom. The lowest BCUT2D eigenvalue weighted by molar-refractivity contribution is -0.130. The smallest absolute Gasteiger partial charge is 0.251 e. The van der Waals surface area contributed by atoms with Crippen molar-refractivity contribution in [2.24, 2.45) is 0 Å². The van der Waals surface area contributed by atoms with Crippen LogP contribution in [0.15, 0.2) is 35.6 Å². The first kappa shape index (κ1) is 18.5. The summed E-state index contributed by atoms with van der Waals surface area (Å²) in [6, 6.07) is 7.86. The average Bonchev–Trinajstić information content (AvgIpc) is 2.67. The van der Waals surface area contributed by atoms with Gasteiger partial charge in [-0.25, -0.2) is 0 Å². The van der Waals surface area contributed by atoms with Crippen LogP contribution >= 0.6 is 0 Å². The van der Waals surface area contributed by atoms with Gasteiger partial charge < -0.3 is 15.0 Å². The molecule has 1 saturated heterocycles. The predicted octanol–water partition coefficient (Wildman–Crippen LogP) is 1.57. The molecule has 0 saturated carbocycles. The van der Waals surface area contributed by atoms with Gasteiger partial charge >= 0.3 is 0 Å². The van der Waals surface area contributed by atoms with Crippen molar-refractivity contribution >= 4 is 11.8 Å². The normalized spacial score (nSPS) is 17.5. The van der Waals surface area contributed by atoms with Crippen LogP contribution in [0.5, 0.6) is 5.75 Å². The number of carbonyl (C=O) groups is 2. The van der Waals surface area contributed by atoms with Crippen molar-refractivity contribution in [3.63, 3.8) is 0 Å². The van der Waals surface area contributed by atoms with E-state index in [2.05, 4.69) is 10.2 Å². The first-order chi connectivity index (χ1) is 12.6. The number of hydrogen-bond donors (Lipinski definition) is 1. The van der Waals surface area contributed by atoms with Gasteiger partial charge in [0.15, 0.2) is 0 Å². The maximum atomic E-state index is 12.6. The Morgan fingerprint density at radius 1 is 1.15 bits per heavy atom.